The highest BCUT2D eigenvalue weighted by atomic mass is 16.5. The maximum Gasteiger partial charge on any atom is 0.230 e. The molecule has 1 aromatic heterocycles. The lowest BCUT2D eigenvalue weighted by atomic mass is 9.94. The fourth-order valence-corrected chi connectivity index (χ4v) is 3.34. The Morgan fingerprint density at radius 2 is 2.00 bits per heavy atom. The van der Waals surface area contributed by atoms with Crippen LogP contribution in [0.5, 0.6) is 5.88 Å². The Labute approximate surface area is 154 Å². The van der Waals surface area contributed by atoms with Crippen molar-refractivity contribution < 1.29 is 9.53 Å². The van der Waals surface area contributed by atoms with Crippen LogP contribution in [0.2, 0.25) is 0 Å². The minimum Gasteiger partial charge on any atom is -0.474 e. The molecule has 0 N–H and O–H groups in total. The van der Waals surface area contributed by atoms with Crippen molar-refractivity contribution in [1.29, 1.82) is 5.26 Å². The molecule has 1 fully saturated rings. The lowest BCUT2D eigenvalue weighted by Crippen LogP contribution is -2.43. The Bertz CT molecular complexity index is 760. The van der Waals surface area contributed by atoms with Crippen LogP contribution in [0.3, 0.4) is 0 Å². The zero-order chi connectivity index (χ0) is 18.4. The van der Waals surface area contributed by atoms with Crippen molar-refractivity contribution in [1.82, 2.24) is 9.88 Å². The SMILES string of the molecule is CCC(C(=O)N1CCC(Oc2ccc(C#N)cn2)CC1)c1ccccc1. The van der Waals surface area contributed by atoms with Crippen molar-refractivity contribution in [3.05, 3.63) is 59.8 Å². The zero-order valence-electron chi connectivity index (χ0n) is 15.0. The molecule has 26 heavy (non-hydrogen) atoms. The van der Waals surface area contributed by atoms with Crippen LogP contribution in [0.1, 0.15) is 43.2 Å². The third-order valence-electron chi connectivity index (χ3n) is 4.81. The van der Waals surface area contributed by atoms with Crippen LogP contribution in [-0.2, 0) is 4.79 Å². The summed E-state index contributed by atoms with van der Waals surface area (Å²) in [5.41, 5.74) is 1.60. The average molecular weight is 349 g/mol. The van der Waals surface area contributed by atoms with E-state index in [4.69, 9.17) is 10.00 Å². The lowest BCUT2D eigenvalue weighted by molar-refractivity contribution is -0.134. The summed E-state index contributed by atoms with van der Waals surface area (Å²) < 4.78 is 5.90. The Hall–Kier alpha value is -2.87. The van der Waals surface area contributed by atoms with Crippen LogP contribution >= 0.6 is 0 Å². The maximum absolute atomic E-state index is 12.9. The number of piperidine rings is 1. The molecule has 1 atom stereocenters. The van der Waals surface area contributed by atoms with Gasteiger partial charge in [0.05, 0.1) is 11.5 Å². The molecule has 2 heterocycles. The second kappa shape index (κ2) is 8.48. The van der Waals surface area contributed by atoms with Gasteiger partial charge in [-0.1, -0.05) is 37.3 Å². The standard InChI is InChI=1S/C21H23N3O2/c1-2-19(17-6-4-3-5-7-17)21(25)24-12-10-18(11-13-24)26-20-9-8-16(14-22)15-23-20/h3-9,15,18-19H,2,10-13H2,1H3. The van der Waals surface area contributed by atoms with E-state index in [1.54, 1.807) is 12.1 Å². The predicted octanol–water partition coefficient (Wildman–Crippen LogP) is 3.52. The van der Waals surface area contributed by atoms with E-state index in [0.717, 1.165) is 24.8 Å². The molecular formula is C21H23N3O2. The number of nitrogens with zero attached hydrogens (tertiary/aromatic N) is 3. The number of benzene rings is 1. The highest BCUT2D eigenvalue weighted by molar-refractivity contribution is 5.83. The van der Waals surface area contributed by atoms with E-state index in [-0.39, 0.29) is 17.9 Å². The van der Waals surface area contributed by atoms with Crippen molar-refractivity contribution in [3.63, 3.8) is 0 Å². The summed E-state index contributed by atoms with van der Waals surface area (Å²) in [6.07, 6.45) is 3.95. The summed E-state index contributed by atoms with van der Waals surface area (Å²) >= 11 is 0. The number of nitriles is 1. The summed E-state index contributed by atoms with van der Waals surface area (Å²) in [4.78, 5) is 19.0. The van der Waals surface area contributed by atoms with E-state index in [1.807, 2.05) is 41.3 Å². The quantitative estimate of drug-likeness (QED) is 0.828. The number of likely N-dealkylation sites (tertiary alicyclic amines) is 1. The fraction of sp³-hybridized carbons (Fsp3) is 0.381. The molecule has 1 aliphatic heterocycles. The van der Waals surface area contributed by atoms with Crippen molar-refractivity contribution in [2.45, 2.75) is 38.2 Å². The molecule has 2 aromatic rings. The van der Waals surface area contributed by atoms with Crippen LogP contribution in [0.15, 0.2) is 48.7 Å². The van der Waals surface area contributed by atoms with E-state index in [2.05, 4.69) is 11.9 Å². The van der Waals surface area contributed by atoms with Gasteiger partial charge in [-0.25, -0.2) is 4.98 Å². The number of hydrogen-bond acceptors (Lipinski definition) is 4. The van der Waals surface area contributed by atoms with Crippen LogP contribution < -0.4 is 4.74 Å². The molecule has 1 aromatic carbocycles. The van der Waals surface area contributed by atoms with Crippen LogP contribution in [-0.4, -0.2) is 35.0 Å². The predicted molar refractivity (Wildman–Crippen MR) is 98.7 cm³/mol. The van der Waals surface area contributed by atoms with Crippen LogP contribution in [0.25, 0.3) is 0 Å². The van der Waals surface area contributed by atoms with Gasteiger partial charge in [-0.05, 0) is 18.1 Å². The van der Waals surface area contributed by atoms with Crippen molar-refractivity contribution in [2.24, 2.45) is 0 Å². The summed E-state index contributed by atoms with van der Waals surface area (Å²) in [7, 11) is 0. The number of carbonyl (C=O) groups excluding carboxylic acids is 1. The van der Waals surface area contributed by atoms with Gasteiger partial charge in [0.1, 0.15) is 12.2 Å². The zero-order valence-corrected chi connectivity index (χ0v) is 15.0. The fourth-order valence-electron chi connectivity index (χ4n) is 3.34. The molecule has 3 rings (SSSR count). The lowest BCUT2D eigenvalue weighted by Gasteiger charge is -2.34. The number of carbonyl (C=O) groups is 1. The Kier molecular flexibility index (Phi) is 5.85. The first kappa shape index (κ1) is 17.9. The number of hydrogen-bond donors (Lipinski definition) is 0. The Morgan fingerprint density at radius 3 is 2.58 bits per heavy atom. The molecule has 0 saturated carbocycles. The van der Waals surface area contributed by atoms with Crippen molar-refractivity contribution in [2.75, 3.05) is 13.1 Å². The van der Waals surface area contributed by atoms with Crippen molar-refractivity contribution in [3.8, 4) is 11.9 Å². The van der Waals surface area contributed by atoms with Gasteiger partial charge in [-0.3, -0.25) is 4.79 Å². The number of pyridine rings is 1. The summed E-state index contributed by atoms with van der Waals surface area (Å²) in [6.45, 7) is 3.45. The van der Waals surface area contributed by atoms with Crippen LogP contribution in [0, 0.1) is 11.3 Å². The smallest absolute Gasteiger partial charge is 0.230 e. The molecule has 5 heteroatoms. The minimum absolute atomic E-state index is 0.0521. The van der Waals surface area contributed by atoms with E-state index < -0.39 is 0 Å². The normalized spacial score (nSPS) is 15.9. The highest BCUT2D eigenvalue weighted by Gasteiger charge is 2.29. The Morgan fingerprint density at radius 1 is 1.27 bits per heavy atom. The number of aromatic nitrogens is 1. The van der Waals surface area contributed by atoms with Gasteiger partial charge in [-0.2, -0.15) is 5.26 Å². The highest BCUT2D eigenvalue weighted by Crippen LogP contribution is 2.25. The van der Waals surface area contributed by atoms with Gasteiger partial charge in [0, 0.05) is 38.2 Å². The van der Waals surface area contributed by atoms with Gasteiger partial charge in [-0.15, -0.1) is 0 Å². The van der Waals surface area contributed by atoms with Gasteiger partial charge >= 0.3 is 0 Å². The van der Waals surface area contributed by atoms with E-state index in [9.17, 15) is 4.79 Å². The molecule has 1 amide bonds. The number of amides is 1. The second-order valence-electron chi connectivity index (χ2n) is 6.51. The molecule has 0 spiro atoms. The molecule has 1 saturated heterocycles. The minimum atomic E-state index is -0.0751. The average Bonchev–Trinajstić information content (AvgIpc) is 2.70. The molecule has 134 valence electrons. The van der Waals surface area contributed by atoms with Crippen molar-refractivity contribution >= 4 is 5.91 Å². The van der Waals surface area contributed by atoms with E-state index in [1.165, 1.54) is 6.20 Å². The third-order valence-corrected chi connectivity index (χ3v) is 4.81. The van der Waals surface area contributed by atoms with Gasteiger partial charge in [0.15, 0.2) is 0 Å². The monoisotopic (exact) mass is 349 g/mol. The summed E-state index contributed by atoms with van der Waals surface area (Å²) in [6, 6.07) is 15.5. The van der Waals surface area contributed by atoms with Crippen LogP contribution in [0.4, 0.5) is 0 Å². The molecule has 0 bridgehead atoms. The summed E-state index contributed by atoms with van der Waals surface area (Å²) in [5, 5.41) is 8.81. The largest absolute Gasteiger partial charge is 0.474 e. The van der Waals surface area contributed by atoms with Gasteiger partial charge in [0.25, 0.3) is 0 Å². The molecule has 0 aliphatic carbocycles. The maximum atomic E-state index is 12.9. The first-order valence-corrected chi connectivity index (χ1v) is 9.07. The van der Waals surface area contributed by atoms with E-state index in [0.29, 0.717) is 24.5 Å². The molecule has 1 aliphatic rings. The molecule has 0 radical (unpaired) electrons. The molecule has 5 nitrogen and oxygen atoms in total. The second-order valence-corrected chi connectivity index (χ2v) is 6.51. The molecule has 1 unspecified atom stereocenters. The van der Waals surface area contributed by atoms with Gasteiger partial charge in [0.2, 0.25) is 11.8 Å². The number of rotatable bonds is 5. The molecular weight excluding hydrogens is 326 g/mol. The topological polar surface area (TPSA) is 66.2 Å². The van der Waals surface area contributed by atoms with E-state index >= 15 is 0 Å². The summed E-state index contributed by atoms with van der Waals surface area (Å²) in [5.74, 6) is 0.659. The van der Waals surface area contributed by atoms with Gasteiger partial charge < -0.3 is 9.64 Å². The first-order valence-electron chi connectivity index (χ1n) is 9.07. The third kappa shape index (κ3) is 4.20. The Balaban J connectivity index is 1.55. The first-order chi connectivity index (χ1) is 12.7. The number of ether oxygens (including phenoxy) is 1.